The molecule has 1 aliphatic heterocycles. The molecule has 1 rings (SSSR count). The summed E-state index contributed by atoms with van der Waals surface area (Å²) in [5.41, 5.74) is 0. The van der Waals surface area contributed by atoms with Crippen molar-refractivity contribution in [1.29, 1.82) is 5.41 Å². The second-order valence-corrected chi connectivity index (χ2v) is 2.87. The Bertz CT molecular complexity index is 208. The molecular weight excluding hydrogens is 168 g/mol. The largest absolute Gasteiger partial charge is 0.503 e. The molecule has 0 bridgehead atoms. The lowest BCUT2D eigenvalue weighted by Crippen LogP contribution is -2.45. The predicted molar refractivity (Wildman–Crippen MR) is 51.9 cm³/mol. The van der Waals surface area contributed by atoms with Gasteiger partial charge in [0.1, 0.15) is 5.82 Å². The van der Waals surface area contributed by atoms with Gasteiger partial charge in [-0.25, -0.2) is 0 Å². The molecule has 0 radical (unpaired) electrons. The van der Waals surface area contributed by atoms with Crippen molar-refractivity contribution in [1.82, 2.24) is 15.5 Å². The van der Waals surface area contributed by atoms with Gasteiger partial charge in [-0.2, -0.15) is 0 Å². The summed E-state index contributed by atoms with van der Waals surface area (Å²) in [5.74, 6) is 0.626. The van der Waals surface area contributed by atoms with Crippen molar-refractivity contribution >= 4 is 6.21 Å². The molecule has 0 spiro atoms. The summed E-state index contributed by atoms with van der Waals surface area (Å²) in [6, 6.07) is 0. The number of hydrogen-bond acceptors (Lipinski definition) is 5. The first kappa shape index (κ1) is 9.85. The van der Waals surface area contributed by atoms with E-state index in [9.17, 15) is 5.11 Å². The molecule has 0 amide bonds. The van der Waals surface area contributed by atoms with Crippen LogP contribution in [-0.2, 0) is 0 Å². The van der Waals surface area contributed by atoms with Crippen molar-refractivity contribution in [3.05, 3.63) is 11.6 Å². The van der Waals surface area contributed by atoms with E-state index in [1.807, 2.05) is 4.90 Å². The van der Waals surface area contributed by atoms with Crippen LogP contribution >= 0.6 is 0 Å². The van der Waals surface area contributed by atoms with E-state index >= 15 is 0 Å². The van der Waals surface area contributed by atoms with E-state index in [1.165, 1.54) is 0 Å². The van der Waals surface area contributed by atoms with Gasteiger partial charge in [0.2, 0.25) is 0 Å². The fraction of sp³-hybridized carbons (Fsp3) is 0.625. The second kappa shape index (κ2) is 4.71. The van der Waals surface area contributed by atoms with Crippen LogP contribution in [0.1, 0.15) is 0 Å². The monoisotopic (exact) mass is 184 g/mol. The highest BCUT2D eigenvalue weighted by Gasteiger charge is 2.14. The Kier molecular flexibility index (Phi) is 3.57. The zero-order chi connectivity index (χ0) is 9.68. The minimum Gasteiger partial charge on any atom is -0.503 e. The van der Waals surface area contributed by atoms with E-state index in [0.29, 0.717) is 5.82 Å². The van der Waals surface area contributed by atoms with Gasteiger partial charge in [0.15, 0.2) is 5.76 Å². The minimum absolute atomic E-state index is 0.00981. The number of nitrogens with one attached hydrogen (secondary N) is 3. The second-order valence-electron chi connectivity index (χ2n) is 2.87. The van der Waals surface area contributed by atoms with E-state index in [2.05, 4.69) is 10.6 Å². The molecule has 1 saturated heterocycles. The molecule has 5 heteroatoms. The van der Waals surface area contributed by atoms with Crippen LogP contribution in [0.2, 0.25) is 0 Å². The number of allylic oxidation sites excluding steroid dienone is 1. The molecule has 0 aliphatic carbocycles. The summed E-state index contributed by atoms with van der Waals surface area (Å²) in [6.45, 7) is 3.54. The van der Waals surface area contributed by atoms with Gasteiger partial charge in [0, 0.05) is 33.2 Å². The molecule has 13 heavy (non-hydrogen) atoms. The number of nitrogens with zero attached hydrogens (tertiary/aromatic N) is 1. The number of rotatable bonds is 3. The third-order valence-corrected chi connectivity index (χ3v) is 2.05. The highest BCUT2D eigenvalue weighted by molar-refractivity contribution is 5.73. The maximum atomic E-state index is 9.38. The highest BCUT2D eigenvalue weighted by Crippen LogP contribution is 2.04. The van der Waals surface area contributed by atoms with Crippen molar-refractivity contribution < 1.29 is 5.11 Å². The first-order chi connectivity index (χ1) is 6.29. The molecule has 74 valence electrons. The average Bonchev–Trinajstić information content (AvgIpc) is 2.20. The SMILES string of the molecule is CN/C(=C(/O)C=N)N1CCNCC1. The van der Waals surface area contributed by atoms with Crippen molar-refractivity contribution in [3.63, 3.8) is 0 Å². The van der Waals surface area contributed by atoms with E-state index in [4.69, 9.17) is 5.41 Å². The fourth-order valence-electron chi connectivity index (χ4n) is 1.40. The van der Waals surface area contributed by atoms with Crippen LogP contribution < -0.4 is 10.6 Å². The van der Waals surface area contributed by atoms with Crippen LogP contribution in [0.25, 0.3) is 0 Å². The lowest BCUT2D eigenvalue weighted by Gasteiger charge is -2.31. The van der Waals surface area contributed by atoms with E-state index in [-0.39, 0.29) is 5.76 Å². The number of aliphatic hydroxyl groups excluding tert-OH is 1. The van der Waals surface area contributed by atoms with Crippen molar-refractivity contribution in [2.45, 2.75) is 0 Å². The summed E-state index contributed by atoms with van der Waals surface area (Å²) in [5, 5.41) is 22.4. The number of piperazine rings is 1. The molecule has 0 aromatic heterocycles. The maximum absolute atomic E-state index is 9.38. The van der Waals surface area contributed by atoms with E-state index < -0.39 is 0 Å². The van der Waals surface area contributed by atoms with Gasteiger partial charge >= 0.3 is 0 Å². The smallest absolute Gasteiger partial charge is 0.173 e. The van der Waals surface area contributed by atoms with E-state index in [0.717, 1.165) is 32.4 Å². The van der Waals surface area contributed by atoms with Crippen LogP contribution in [0.3, 0.4) is 0 Å². The number of aliphatic hydroxyl groups is 1. The zero-order valence-corrected chi connectivity index (χ0v) is 7.80. The van der Waals surface area contributed by atoms with Gasteiger partial charge in [0.25, 0.3) is 0 Å². The lowest BCUT2D eigenvalue weighted by atomic mass is 10.3. The summed E-state index contributed by atoms with van der Waals surface area (Å²) >= 11 is 0. The fourth-order valence-corrected chi connectivity index (χ4v) is 1.40. The molecule has 5 nitrogen and oxygen atoms in total. The van der Waals surface area contributed by atoms with Crippen molar-refractivity contribution in [2.75, 3.05) is 33.2 Å². The standard InChI is InChI=1S/C8H16N4O/c1-10-8(7(13)6-9)12-4-2-11-3-5-12/h6,9-11,13H,2-5H2,1H3/b8-7-,9-6?. The lowest BCUT2D eigenvalue weighted by molar-refractivity contribution is 0.266. The zero-order valence-electron chi connectivity index (χ0n) is 7.80. The van der Waals surface area contributed by atoms with Crippen LogP contribution in [-0.4, -0.2) is 49.4 Å². The summed E-state index contributed by atoms with van der Waals surface area (Å²) in [4.78, 5) is 2.02. The van der Waals surface area contributed by atoms with Gasteiger partial charge in [-0.3, -0.25) is 0 Å². The highest BCUT2D eigenvalue weighted by atomic mass is 16.3. The predicted octanol–water partition coefficient (Wildman–Crippen LogP) is -0.512. The number of hydrogen-bond donors (Lipinski definition) is 4. The average molecular weight is 184 g/mol. The van der Waals surface area contributed by atoms with Gasteiger partial charge in [-0.05, 0) is 0 Å². The first-order valence-electron chi connectivity index (χ1n) is 4.36. The molecule has 0 aromatic rings. The molecule has 0 aromatic carbocycles. The first-order valence-corrected chi connectivity index (χ1v) is 4.36. The topological polar surface area (TPSA) is 71.4 Å². The maximum Gasteiger partial charge on any atom is 0.173 e. The Morgan fingerprint density at radius 2 is 2.15 bits per heavy atom. The third kappa shape index (κ3) is 2.35. The molecular formula is C8H16N4O. The van der Waals surface area contributed by atoms with Crippen LogP contribution in [0.5, 0.6) is 0 Å². The Morgan fingerprint density at radius 3 is 2.62 bits per heavy atom. The Hall–Kier alpha value is -1.23. The van der Waals surface area contributed by atoms with Crippen molar-refractivity contribution in [2.24, 2.45) is 0 Å². The minimum atomic E-state index is -0.00981. The van der Waals surface area contributed by atoms with Gasteiger partial charge < -0.3 is 26.0 Å². The molecule has 0 unspecified atom stereocenters. The quantitative estimate of drug-likeness (QED) is 0.352. The summed E-state index contributed by atoms with van der Waals surface area (Å²) in [7, 11) is 1.75. The molecule has 4 N–H and O–H groups in total. The van der Waals surface area contributed by atoms with Crippen LogP contribution in [0.15, 0.2) is 11.6 Å². The van der Waals surface area contributed by atoms with Gasteiger partial charge in [-0.1, -0.05) is 0 Å². The Balaban J connectivity index is 2.69. The van der Waals surface area contributed by atoms with Crippen LogP contribution in [0, 0.1) is 5.41 Å². The Morgan fingerprint density at radius 1 is 1.54 bits per heavy atom. The van der Waals surface area contributed by atoms with Crippen molar-refractivity contribution in [3.8, 4) is 0 Å². The Labute approximate surface area is 77.9 Å². The van der Waals surface area contributed by atoms with Gasteiger partial charge in [-0.15, -0.1) is 0 Å². The normalized spacial score (nSPS) is 19.3. The van der Waals surface area contributed by atoms with E-state index in [1.54, 1.807) is 7.05 Å². The molecule has 1 fully saturated rings. The van der Waals surface area contributed by atoms with Gasteiger partial charge in [0.05, 0.1) is 6.21 Å². The third-order valence-electron chi connectivity index (χ3n) is 2.05. The summed E-state index contributed by atoms with van der Waals surface area (Å²) < 4.78 is 0. The summed E-state index contributed by atoms with van der Waals surface area (Å²) in [6.07, 6.45) is 0.952. The molecule has 0 atom stereocenters. The molecule has 0 saturated carbocycles. The van der Waals surface area contributed by atoms with Crippen LogP contribution in [0.4, 0.5) is 0 Å². The molecule has 1 heterocycles. The molecule has 1 aliphatic rings.